The van der Waals surface area contributed by atoms with Gasteiger partial charge in [0.25, 0.3) is 5.91 Å². The van der Waals surface area contributed by atoms with Crippen LogP contribution in [0.4, 0.5) is 4.39 Å². The number of thiophene rings is 1. The number of hydrogen-bond acceptors (Lipinski definition) is 3. The Labute approximate surface area is 142 Å². The number of carbonyl (C=O) groups excluding carboxylic acids is 1. The molecule has 0 radical (unpaired) electrons. The zero-order valence-electron chi connectivity index (χ0n) is 12.4. The monoisotopic (exact) mass is 350 g/mol. The van der Waals surface area contributed by atoms with Gasteiger partial charge in [0.1, 0.15) is 0 Å². The number of benzene rings is 1. The first-order valence-electron chi connectivity index (χ1n) is 8.02. The fourth-order valence-corrected chi connectivity index (χ4v) is 5.69. The van der Waals surface area contributed by atoms with Gasteiger partial charge in [-0.25, -0.2) is 4.39 Å². The number of amides is 1. The summed E-state index contributed by atoms with van der Waals surface area (Å²) in [6.07, 6.45) is 3.54. The second-order valence-corrected chi connectivity index (χ2v) is 8.40. The molecule has 6 heteroatoms. The van der Waals surface area contributed by atoms with E-state index in [9.17, 15) is 9.18 Å². The second-order valence-electron chi connectivity index (χ2n) is 6.94. The fraction of sp³-hybridized carbons (Fsp3) is 0.471. The zero-order chi connectivity index (χ0) is 15.8. The Kier molecular flexibility index (Phi) is 2.89. The molecule has 1 spiro atoms. The molecule has 1 aliphatic carbocycles. The van der Waals surface area contributed by atoms with Crippen LogP contribution in [0.15, 0.2) is 18.2 Å². The average molecular weight is 351 g/mol. The van der Waals surface area contributed by atoms with Gasteiger partial charge in [-0.1, -0.05) is 17.7 Å². The van der Waals surface area contributed by atoms with Crippen molar-refractivity contribution in [2.45, 2.75) is 30.8 Å². The van der Waals surface area contributed by atoms with Gasteiger partial charge in [-0.15, -0.1) is 11.3 Å². The van der Waals surface area contributed by atoms with Crippen molar-refractivity contribution < 1.29 is 9.18 Å². The molecule has 2 aromatic rings. The summed E-state index contributed by atoms with van der Waals surface area (Å²) in [6, 6.07) is 5.32. The molecule has 1 N–H and O–H groups in total. The van der Waals surface area contributed by atoms with E-state index >= 15 is 0 Å². The molecule has 5 rings (SSSR count). The van der Waals surface area contributed by atoms with E-state index in [-0.39, 0.29) is 22.5 Å². The SMILES string of the molecule is O=C(N[C@@H]1C2CCN(C2)C12CC2)c1cc2ccc(Cl)c(F)c2s1. The van der Waals surface area contributed by atoms with Crippen molar-refractivity contribution in [1.29, 1.82) is 0 Å². The molecule has 3 nitrogen and oxygen atoms in total. The van der Waals surface area contributed by atoms with Crippen molar-refractivity contribution in [1.82, 2.24) is 10.2 Å². The number of piperidine rings is 1. The molecular weight excluding hydrogens is 335 g/mol. The first kappa shape index (κ1) is 14.2. The van der Waals surface area contributed by atoms with E-state index in [1.807, 2.05) is 0 Å². The van der Waals surface area contributed by atoms with Gasteiger partial charge < -0.3 is 5.32 Å². The molecule has 1 aromatic heterocycles. The molecule has 3 aliphatic rings. The Bertz CT molecular complexity index is 831. The maximum atomic E-state index is 14.1. The van der Waals surface area contributed by atoms with E-state index in [2.05, 4.69) is 10.2 Å². The standard InChI is InChI=1S/C17H16ClFN2OS/c18-11-2-1-9-7-12(23-14(9)13(11)19)16(22)20-15-10-3-6-21(8-10)17(15)4-5-17/h1-2,7,10,15H,3-6,8H2,(H,20,22)/t10?,15-/m1/s1. The minimum Gasteiger partial charge on any atom is -0.346 e. The Morgan fingerprint density at radius 1 is 1.43 bits per heavy atom. The molecular formula is C17H16ClFN2OS. The summed E-state index contributed by atoms with van der Waals surface area (Å²) in [5.74, 6) is 0.0617. The average Bonchev–Trinajstić information content (AvgIpc) is 2.93. The van der Waals surface area contributed by atoms with Crippen LogP contribution in [-0.4, -0.2) is 35.5 Å². The van der Waals surface area contributed by atoms with E-state index in [1.54, 1.807) is 12.1 Å². The van der Waals surface area contributed by atoms with Crippen molar-refractivity contribution >= 4 is 38.9 Å². The summed E-state index contributed by atoms with van der Waals surface area (Å²) in [6.45, 7) is 2.28. The highest BCUT2D eigenvalue weighted by molar-refractivity contribution is 7.20. The van der Waals surface area contributed by atoms with E-state index in [1.165, 1.54) is 43.2 Å². The molecule has 3 atom stereocenters. The number of halogens is 2. The lowest BCUT2D eigenvalue weighted by Crippen LogP contribution is -2.51. The maximum Gasteiger partial charge on any atom is 0.261 e. The fourth-order valence-electron chi connectivity index (χ4n) is 4.48. The topological polar surface area (TPSA) is 32.3 Å². The minimum absolute atomic E-state index is 0.0771. The van der Waals surface area contributed by atoms with Crippen LogP contribution in [0.2, 0.25) is 5.02 Å². The van der Waals surface area contributed by atoms with Crippen LogP contribution in [0.25, 0.3) is 10.1 Å². The number of rotatable bonds is 2. The van der Waals surface area contributed by atoms with Gasteiger partial charge >= 0.3 is 0 Å². The number of nitrogens with zero attached hydrogens (tertiary/aromatic N) is 1. The highest BCUT2D eigenvalue weighted by Crippen LogP contribution is 2.55. The number of nitrogens with one attached hydrogen (secondary N) is 1. The molecule has 1 saturated carbocycles. The zero-order valence-corrected chi connectivity index (χ0v) is 14.0. The van der Waals surface area contributed by atoms with Gasteiger partial charge in [0, 0.05) is 12.1 Å². The second kappa shape index (κ2) is 4.68. The first-order valence-corrected chi connectivity index (χ1v) is 9.21. The highest BCUT2D eigenvalue weighted by Gasteiger charge is 2.63. The van der Waals surface area contributed by atoms with Crippen molar-refractivity contribution in [3.05, 3.63) is 33.9 Å². The lowest BCUT2D eigenvalue weighted by atomic mass is 9.92. The summed E-state index contributed by atoms with van der Waals surface area (Å²) in [5, 5.41) is 4.09. The van der Waals surface area contributed by atoms with Crippen LogP contribution < -0.4 is 5.32 Å². The van der Waals surface area contributed by atoms with Crippen molar-refractivity contribution in [3.8, 4) is 0 Å². The Morgan fingerprint density at radius 3 is 3.04 bits per heavy atom. The smallest absolute Gasteiger partial charge is 0.261 e. The largest absolute Gasteiger partial charge is 0.346 e. The quantitative estimate of drug-likeness (QED) is 0.896. The molecule has 2 aliphatic heterocycles. The minimum atomic E-state index is -0.432. The summed E-state index contributed by atoms with van der Waals surface area (Å²) in [4.78, 5) is 15.8. The molecule has 3 fully saturated rings. The number of fused-ring (bicyclic) bond motifs is 4. The van der Waals surface area contributed by atoms with Gasteiger partial charge in [0.15, 0.2) is 5.82 Å². The van der Waals surface area contributed by atoms with E-state index in [0.717, 1.165) is 11.9 Å². The van der Waals surface area contributed by atoms with E-state index < -0.39 is 5.82 Å². The van der Waals surface area contributed by atoms with Gasteiger partial charge in [0.05, 0.1) is 20.6 Å². The maximum absolute atomic E-state index is 14.1. The molecule has 1 aromatic carbocycles. The molecule has 2 bridgehead atoms. The van der Waals surface area contributed by atoms with E-state index in [4.69, 9.17) is 11.6 Å². The van der Waals surface area contributed by atoms with Crippen LogP contribution in [0, 0.1) is 11.7 Å². The third-order valence-corrected chi connectivity index (χ3v) is 7.19. The van der Waals surface area contributed by atoms with Crippen LogP contribution in [0.5, 0.6) is 0 Å². The Morgan fingerprint density at radius 2 is 2.26 bits per heavy atom. The lowest BCUT2D eigenvalue weighted by molar-refractivity contribution is 0.0896. The van der Waals surface area contributed by atoms with Crippen LogP contribution in [0.1, 0.15) is 28.9 Å². The summed E-state index contributed by atoms with van der Waals surface area (Å²) < 4.78 is 14.5. The lowest BCUT2D eigenvalue weighted by Gasteiger charge is -2.33. The van der Waals surface area contributed by atoms with Gasteiger partial charge in [-0.2, -0.15) is 0 Å². The molecule has 2 unspecified atom stereocenters. The molecule has 2 saturated heterocycles. The summed E-state index contributed by atoms with van der Waals surface area (Å²) in [5.41, 5.74) is 0.226. The Balaban J connectivity index is 1.44. The Hall–Kier alpha value is -1.17. The molecule has 23 heavy (non-hydrogen) atoms. The van der Waals surface area contributed by atoms with Gasteiger partial charge in [-0.3, -0.25) is 9.69 Å². The van der Waals surface area contributed by atoms with Crippen LogP contribution >= 0.6 is 22.9 Å². The number of carbonyl (C=O) groups is 1. The van der Waals surface area contributed by atoms with Crippen LogP contribution in [-0.2, 0) is 0 Å². The van der Waals surface area contributed by atoms with E-state index in [0.29, 0.717) is 15.5 Å². The van der Waals surface area contributed by atoms with Crippen LogP contribution in [0.3, 0.4) is 0 Å². The molecule has 3 heterocycles. The third-order valence-electron chi connectivity index (χ3n) is 5.76. The molecule has 1 amide bonds. The summed E-state index contributed by atoms with van der Waals surface area (Å²) in [7, 11) is 0. The predicted octanol–water partition coefficient (Wildman–Crippen LogP) is 3.66. The van der Waals surface area contributed by atoms with Crippen molar-refractivity contribution in [2.24, 2.45) is 5.92 Å². The highest BCUT2D eigenvalue weighted by atomic mass is 35.5. The predicted molar refractivity (Wildman–Crippen MR) is 89.7 cm³/mol. The third kappa shape index (κ3) is 1.93. The number of hydrogen-bond donors (Lipinski definition) is 1. The molecule has 120 valence electrons. The van der Waals surface area contributed by atoms with Gasteiger partial charge in [0.2, 0.25) is 0 Å². The van der Waals surface area contributed by atoms with Crippen molar-refractivity contribution in [3.63, 3.8) is 0 Å². The summed E-state index contributed by atoms with van der Waals surface area (Å²) >= 11 is 7.01. The van der Waals surface area contributed by atoms with Gasteiger partial charge in [-0.05, 0) is 49.2 Å². The first-order chi connectivity index (χ1) is 11.1. The normalized spacial score (nSPS) is 30.3. The van der Waals surface area contributed by atoms with Crippen molar-refractivity contribution in [2.75, 3.05) is 13.1 Å².